The first-order chi connectivity index (χ1) is 8.58. The lowest BCUT2D eigenvalue weighted by Gasteiger charge is -2.13. The normalized spacial score (nSPS) is 11.9. The number of nitro benzene ring substituents is 1. The molecule has 0 aromatic heterocycles. The van der Waals surface area contributed by atoms with E-state index in [1.165, 1.54) is 6.07 Å². The average Bonchev–Trinajstić information content (AvgIpc) is 2.36. The van der Waals surface area contributed by atoms with Crippen molar-refractivity contribution in [1.29, 1.82) is 0 Å². The number of nitrogens with one attached hydrogen (secondary N) is 1. The molecule has 18 heavy (non-hydrogen) atoms. The van der Waals surface area contributed by atoms with Gasteiger partial charge in [0, 0.05) is 11.6 Å². The molecule has 1 rings (SSSR count). The smallest absolute Gasteiger partial charge is 0.273 e. The number of hydrogen-bond donors (Lipinski definition) is 2. The number of hydrogen-bond acceptors (Lipinski definition) is 4. The maximum atomic E-state index is 11.7. The topological polar surface area (TPSA) is 92.5 Å². The largest absolute Gasteiger partial charge is 0.394 e. The van der Waals surface area contributed by atoms with Crippen LogP contribution >= 0.6 is 0 Å². The van der Waals surface area contributed by atoms with E-state index in [-0.39, 0.29) is 30.7 Å². The highest BCUT2D eigenvalue weighted by atomic mass is 16.6. The van der Waals surface area contributed by atoms with Crippen molar-refractivity contribution < 1.29 is 14.8 Å². The maximum Gasteiger partial charge on any atom is 0.273 e. The minimum absolute atomic E-state index is 0.0619. The van der Waals surface area contributed by atoms with Crippen molar-refractivity contribution in [2.24, 2.45) is 0 Å². The van der Waals surface area contributed by atoms with Crippen molar-refractivity contribution in [2.75, 3.05) is 6.61 Å². The molecule has 0 saturated heterocycles. The Balaban J connectivity index is 2.73. The fourth-order valence-electron chi connectivity index (χ4n) is 1.57. The Hall–Kier alpha value is -1.95. The number of carbonyl (C=O) groups excluding carboxylic acids is 1. The second-order valence-corrected chi connectivity index (χ2v) is 3.92. The van der Waals surface area contributed by atoms with Gasteiger partial charge in [-0.25, -0.2) is 0 Å². The van der Waals surface area contributed by atoms with Crippen molar-refractivity contribution in [1.82, 2.24) is 5.32 Å². The fraction of sp³-hybridized carbons (Fsp3) is 0.417. The molecule has 1 amide bonds. The number of carbonyl (C=O) groups is 1. The van der Waals surface area contributed by atoms with Gasteiger partial charge in [-0.05, 0) is 6.42 Å². The molecule has 0 unspecified atom stereocenters. The van der Waals surface area contributed by atoms with Crippen LogP contribution in [0.15, 0.2) is 24.3 Å². The first-order valence-corrected chi connectivity index (χ1v) is 5.71. The van der Waals surface area contributed by atoms with Gasteiger partial charge in [-0.2, -0.15) is 0 Å². The van der Waals surface area contributed by atoms with E-state index in [4.69, 9.17) is 5.11 Å². The molecule has 0 spiro atoms. The van der Waals surface area contributed by atoms with Crippen LogP contribution in [0.1, 0.15) is 18.9 Å². The van der Waals surface area contributed by atoms with E-state index in [1.54, 1.807) is 18.2 Å². The number of nitrogens with zero attached hydrogens (tertiary/aromatic N) is 1. The van der Waals surface area contributed by atoms with Crippen LogP contribution in [0.4, 0.5) is 5.69 Å². The van der Waals surface area contributed by atoms with E-state index in [0.717, 1.165) is 0 Å². The zero-order chi connectivity index (χ0) is 13.5. The van der Waals surface area contributed by atoms with E-state index < -0.39 is 4.92 Å². The molecule has 6 nitrogen and oxygen atoms in total. The minimum atomic E-state index is -0.508. The van der Waals surface area contributed by atoms with Crippen LogP contribution in [-0.4, -0.2) is 28.6 Å². The highest BCUT2D eigenvalue weighted by Crippen LogP contribution is 2.17. The predicted octanol–water partition coefficient (Wildman–Crippen LogP) is 1.02. The molecule has 98 valence electrons. The number of rotatable bonds is 6. The van der Waals surface area contributed by atoms with Crippen molar-refractivity contribution in [3.05, 3.63) is 39.9 Å². The fourth-order valence-corrected chi connectivity index (χ4v) is 1.57. The predicted molar refractivity (Wildman–Crippen MR) is 66.1 cm³/mol. The molecule has 0 aliphatic heterocycles. The van der Waals surface area contributed by atoms with Crippen LogP contribution in [0.3, 0.4) is 0 Å². The first kappa shape index (κ1) is 14.1. The molecule has 6 heteroatoms. The van der Waals surface area contributed by atoms with Crippen LogP contribution in [0.25, 0.3) is 0 Å². The molecule has 0 heterocycles. The summed E-state index contributed by atoms with van der Waals surface area (Å²) < 4.78 is 0. The number of aliphatic hydroxyl groups excluding tert-OH is 1. The number of amides is 1. The quantitative estimate of drug-likeness (QED) is 0.584. The molecule has 0 aliphatic carbocycles. The zero-order valence-corrected chi connectivity index (χ0v) is 10.1. The van der Waals surface area contributed by atoms with Crippen molar-refractivity contribution in [3.8, 4) is 0 Å². The van der Waals surface area contributed by atoms with Crippen LogP contribution in [-0.2, 0) is 11.2 Å². The Kier molecular flexibility index (Phi) is 5.26. The third-order valence-electron chi connectivity index (χ3n) is 2.62. The molecule has 0 aliphatic rings. The van der Waals surface area contributed by atoms with Gasteiger partial charge in [-0.1, -0.05) is 25.1 Å². The summed E-state index contributed by atoms with van der Waals surface area (Å²) in [7, 11) is 0. The van der Waals surface area contributed by atoms with Crippen LogP contribution in [0.5, 0.6) is 0 Å². The third kappa shape index (κ3) is 3.81. The Morgan fingerprint density at radius 2 is 2.17 bits per heavy atom. The van der Waals surface area contributed by atoms with E-state index in [0.29, 0.717) is 12.0 Å². The molecule has 1 atom stereocenters. The van der Waals surface area contributed by atoms with Gasteiger partial charge in [0.15, 0.2) is 0 Å². The second-order valence-electron chi connectivity index (χ2n) is 3.92. The Labute approximate surface area is 105 Å². The van der Waals surface area contributed by atoms with Gasteiger partial charge in [0.05, 0.1) is 24.0 Å². The standard InChI is InChI=1S/C12H16N2O4/c1-2-10(8-15)13-12(16)7-9-5-3-4-6-11(9)14(17)18/h3-6,10,15H,2,7-8H2,1H3,(H,13,16)/t10-/m0/s1. The van der Waals surface area contributed by atoms with Gasteiger partial charge in [0.25, 0.3) is 5.69 Å². The van der Waals surface area contributed by atoms with Gasteiger partial charge < -0.3 is 10.4 Å². The third-order valence-corrected chi connectivity index (χ3v) is 2.62. The second kappa shape index (κ2) is 6.70. The molecule has 1 aromatic rings. The summed E-state index contributed by atoms with van der Waals surface area (Å²) in [6, 6.07) is 5.82. The molecule has 2 N–H and O–H groups in total. The average molecular weight is 252 g/mol. The molecule has 0 fully saturated rings. The Morgan fingerprint density at radius 3 is 2.72 bits per heavy atom. The van der Waals surface area contributed by atoms with E-state index in [1.807, 2.05) is 6.92 Å². The monoisotopic (exact) mass is 252 g/mol. The summed E-state index contributed by atoms with van der Waals surface area (Å²) in [5.41, 5.74) is 0.303. The van der Waals surface area contributed by atoms with Crippen LogP contribution in [0, 0.1) is 10.1 Å². The Morgan fingerprint density at radius 1 is 1.50 bits per heavy atom. The highest BCUT2D eigenvalue weighted by molar-refractivity contribution is 5.80. The van der Waals surface area contributed by atoms with Crippen LogP contribution in [0.2, 0.25) is 0 Å². The molecular weight excluding hydrogens is 236 g/mol. The lowest BCUT2D eigenvalue weighted by atomic mass is 10.1. The molecule has 0 saturated carbocycles. The first-order valence-electron chi connectivity index (χ1n) is 5.71. The summed E-state index contributed by atoms with van der Waals surface area (Å²) >= 11 is 0. The number of nitro groups is 1. The van der Waals surface area contributed by atoms with E-state index in [2.05, 4.69) is 5.32 Å². The molecule has 1 aromatic carbocycles. The summed E-state index contributed by atoms with van der Waals surface area (Å²) in [4.78, 5) is 21.9. The van der Waals surface area contributed by atoms with Gasteiger partial charge in [0.1, 0.15) is 0 Å². The summed E-state index contributed by atoms with van der Waals surface area (Å²) in [5.74, 6) is -0.329. The maximum absolute atomic E-state index is 11.7. The van der Waals surface area contributed by atoms with Gasteiger partial charge in [-0.3, -0.25) is 14.9 Å². The van der Waals surface area contributed by atoms with E-state index >= 15 is 0 Å². The van der Waals surface area contributed by atoms with Gasteiger partial charge >= 0.3 is 0 Å². The van der Waals surface area contributed by atoms with E-state index in [9.17, 15) is 14.9 Å². The van der Waals surface area contributed by atoms with Gasteiger partial charge in [0.2, 0.25) is 5.91 Å². The molecule has 0 bridgehead atoms. The van der Waals surface area contributed by atoms with Crippen molar-refractivity contribution in [2.45, 2.75) is 25.8 Å². The Bertz CT molecular complexity index is 430. The SMILES string of the molecule is CC[C@@H](CO)NC(=O)Cc1ccccc1[N+](=O)[O-]. The lowest BCUT2D eigenvalue weighted by Crippen LogP contribution is -2.37. The molecular formula is C12H16N2O4. The highest BCUT2D eigenvalue weighted by Gasteiger charge is 2.16. The summed E-state index contributed by atoms with van der Waals surface area (Å²) in [6.45, 7) is 1.70. The van der Waals surface area contributed by atoms with Crippen molar-refractivity contribution in [3.63, 3.8) is 0 Å². The van der Waals surface area contributed by atoms with Crippen LogP contribution < -0.4 is 5.32 Å². The van der Waals surface area contributed by atoms with Crippen molar-refractivity contribution >= 4 is 11.6 Å². The summed E-state index contributed by atoms with van der Waals surface area (Å²) in [5, 5.41) is 22.4. The molecule has 0 radical (unpaired) electrons. The lowest BCUT2D eigenvalue weighted by molar-refractivity contribution is -0.385. The number of benzene rings is 1. The van der Waals surface area contributed by atoms with Gasteiger partial charge in [-0.15, -0.1) is 0 Å². The minimum Gasteiger partial charge on any atom is -0.394 e. The summed E-state index contributed by atoms with van der Waals surface area (Å²) in [6.07, 6.45) is 0.548. The zero-order valence-electron chi connectivity index (χ0n) is 10.1. The number of para-hydroxylation sites is 1. The number of aliphatic hydroxyl groups is 1.